The molecule has 1 heterocycles. The Morgan fingerprint density at radius 1 is 1.53 bits per heavy atom. The first kappa shape index (κ1) is 11.2. The Morgan fingerprint density at radius 2 is 2.35 bits per heavy atom. The summed E-state index contributed by atoms with van der Waals surface area (Å²) in [6, 6.07) is 6.70. The van der Waals surface area contributed by atoms with Crippen molar-refractivity contribution in [3.8, 4) is 5.75 Å². The molecular formula is C12H12N2O3. The van der Waals surface area contributed by atoms with Crippen molar-refractivity contribution >= 4 is 5.91 Å². The highest BCUT2D eigenvalue weighted by Crippen LogP contribution is 2.11. The quantitative estimate of drug-likeness (QED) is 0.843. The predicted octanol–water partition coefficient (Wildman–Crippen LogP) is 1.62. The molecular weight excluding hydrogens is 220 g/mol. The van der Waals surface area contributed by atoms with Gasteiger partial charge in [-0.25, -0.2) is 0 Å². The molecule has 2 N–H and O–H groups in total. The Bertz CT molecular complexity index is 534. The number of amides is 1. The topological polar surface area (TPSA) is 75.4 Å². The van der Waals surface area contributed by atoms with Gasteiger partial charge in [-0.3, -0.25) is 4.79 Å². The highest BCUT2D eigenvalue weighted by atomic mass is 16.5. The van der Waals surface area contributed by atoms with Crippen LogP contribution in [0.3, 0.4) is 0 Å². The first-order valence-corrected chi connectivity index (χ1v) is 5.14. The van der Waals surface area contributed by atoms with E-state index in [4.69, 9.17) is 4.52 Å². The van der Waals surface area contributed by atoms with Crippen LogP contribution in [0.5, 0.6) is 5.75 Å². The average Bonchev–Trinajstić information content (AvgIpc) is 2.72. The number of carbonyl (C=O) groups excluding carboxylic acids is 1. The van der Waals surface area contributed by atoms with Crippen molar-refractivity contribution in [1.29, 1.82) is 0 Å². The summed E-state index contributed by atoms with van der Waals surface area (Å²) in [4.78, 5) is 11.7. The maximum absolute atomic E-state index is 11.7. The third-order valence-electron chi connectivity index (χ3n) is 2.32. The molecule has 5 nitrogen and oxygen atoms in total. The van der Waals surface area contributed by atoms with Gasteiger partial charge in [0.2, 0.25) is 5.76 Å². The van der Waals surface area contributed by atoms with Crippen molar-refractivity contribution in [3.63, 3.8) is 0 Å². The molecule has 0 aliphatic heterocycles. The minimum atomic E-state index is -0.316. The van der Waals surface area contributed by atoms with E-state index in [1.807, 2.05) is 6.07 Å². The maximum Gasteiger partial charge on any atom is 0.290 e. The van der Waals surface area contributed by atoms with E-state index in [2.05, 4.69) is 10.5 Å². The van der Waals surface area contributed by atoms with Crippen LogP contribution in [0.2, 0.25) is 0 Å². The van der Waals surface area contributed by atoms with Crippen LogP contribution >= 0.6 is 0 Å². The number of hydrogen-bond donors (Lipinski definition) is 2. The molecule has 0 saturated carbocycles. The van der Waals surface area contributed by atoms with Gasteiger partial charge in [0.15, 0.2) is 0 Å². The zero-order chi connectivity index (χ0) is 12.3. The van der Waals surface area contributed by atoms with Crippen LogP contribution in [0.25, 0.3) is 0 Å². The van der Waals surface area contributed by atoms with Crippen LogP contribution in [0.4, 0.5) is 0 Å². The second-order valence-electron chi connectivity index (χ2n) is 3.69. The van der Waals surface area contributed by atoms with Crippen LogP contribution in [-0.4, -0.2) is 16.2 Å². The van der Waals surface area contributed by atoms with Gasteiger partial charge >= 0.3 is 0 Å². The summed E-state index contributed by atoms with van der Waals surface area (Å²) in [5.41, 5.74) is 1.51. The van der Waals surface area contributed by atoms with Crippen molar-refractivity contribution in [2.45, 2.75) is 13.5 Å². The molecule has 1 aromatic carbocycles. The third kappa shape index (κ3) is 2.63. The van der Waals surface area contributed by atoms with E-state index in [1.165, 1.54) is 6.20 Å². The highest BCUT2D eigenvalue weighted by molar-refractivity contribution is 5.92. The predicted molar refractivity (Wildman–Crippen MR) is 60.5 cm³/mol. The fraction of sp³-hybridized carbons (Fsp3) is 0.167. The number of nitrogens with zero attached hydrogens (tertiary/aromatic N) is 1. The normalized spacial score (nSPS) is 10.2. The Hall–Kier alpha value is -2.30. The molecule has 0 bridgehead atoms. The average molecular weight is 232 g/mol. The lowest BCUT2D eigenvalue weighted by molar-refractivity contribution is 0.0913. The summed E-state index contributed by atoms with van der Waals surface area (Å²) in [6.07, 6.45) is 1.49. The van der Waals surface area contributed by atoms with Gasteiger partial charge in [0.05, 0.1) is 6.20 Å². The minimum Gasteiger partial charge on any atom is -0.508 e. The fourth-order valence-electron chi connectivity index (χ4n) is 1.44. The first-order valence-electron chi connectivity index (χ1n) is 5.14. The standard InChI is InChI=1S/C12H12N2O3/c1-8-6-14-17-11(8)12(16)13-7-9-3-2-4-10(15)5-9/h2-6,15H,7H2,1H3,(H,13,16). The van der Waals surface area contributed by atoms with Crippen molar-refractivity contribution in [1.82, 2.24) is 10.5 Å². The summed E-state index contributed by atoms with van der Waals surface area (Å²) in [5.74, 6) is 0.0705. The number of phenols is 1. The van der Waals surface area contributed by atoms with Gasteiger partial charge in [-0.15, -0.1) is 0 Å². The number of benzene rings is 1. The number of nitrogens with one attached hydrogen (secondary N) is 1. The Morgan fingerprint density at radius 3 is 3.00 bits per heavy atom. The van der Waals surface area contributed by atoms with E-state index >= 15 is 0 Å². The molecule has 1 aromatic heterocycles. The molecule has 0 saturated heterocycles. The number of aromatic hydroxyl groups is 1. The lowest BCUT2D eigenvalue weighted by Gasteiger charge is -2.03. The van der Waals surface area contributed by atoms with E-state index in [-0.39, 0.29) is 17.4 Å². The molecule has 0 aliphatic rings. The van der Waals surface area contributed by atoms with E-state index in [0.717, 1.165) is 5.56 Å². The molecule has 1 amide bonds. The largest absolute Gasteiger partial charge is 0.508 e. The summed E-state index contributed by atoms with van der Waals surface area (Å²) in [7, 11) is 0. The number of aryl methyl sites for hydroxylation is 1. The number of rotatable bonds is 3. The molecule has 17 heavy (non-hydrogen) atoms. The number of hydrogen-bond acceptors (Lipinski definition) is 4. The van der Waals surface area contributed by atoms with E-state index < -0.39 is 0 Å². The van der Waals surface area contributed by atoms with Gasteiger partial charge in [0, 0.05) is 12.1 Å². The van der Waals surface area contributed by atoms with E-state index in [1.54, 1.807) is 25.1 Å². The number of aromatic nitrogens is 1. The SMILES string of the molecule is Cc1cnoc1C(=O)NCc1cccc(O)c1. The van der Waals surface area contributed by atoms with Gasteiger partial charge in [-0.1, -0.05) is 17.3 Å². The Labute approximate surface area is 98.1 Å². The maximum atomic E-state index is 11.7. The second-order valence-corrected chi connectivity index (χ2v) is 3.69. The molecule has 2 rings (SSSR count). The molecule has 2 aromatic rings. The highest BCUT2D eigenvalue weighted by Gasteiger charge is 2.13. The smallest absolute Gasteiger partial charge is 0.290 e. The Balaban J connectivity index is 1.99. The van der Waals surface area contributed by atoms with Crippen LogP contribution in [0.15, 0.2) is 35.0 Å². The van der Waals surface area contributed by atoms with Crippen molar-refractivity contribution in [3.05, 3.63) is 47.3 Å². The minimum absolute atomic E-state index is 0.174. The van der Waals surface area contributed by atoms with Crippen molar-refractivity contribution < 1.29 is 14.4 Å². The Kier molecular flexibility index (Phi) is 3.09. The first-order chi connectivity index (χ1) is 8.16. The molecule has 0 radical (unpaired) electrons. The molecule has 0 fully saturated rings. The van der Waals surface area contributed by atoms with E-state index in [9.17, 15) is 9.90 Å². The lowest BCUT2D eigenvalue weighted by atomic mass is 10.2. The summed E-state index contributed by atoms with van der Waals surface area (Å²) in [5, 5.41) is 15.5. The second kappa shape index (κ2) is 4.69. The molecule has 0 spiro atoms. The monoisotopic (exact) mass is 232 g/mol. The summed E-state index contributed by atoms with van der Waals surface area (Å²) < 4.78 is 4.83. The van der Waals surface area contributed by atoms with E-state index in [0.29, 0.717) is 12.1 Å². The summed E-state index contributed by atoms with van der Waals surface area (Å²) >= 11 is 0. The van der Waals surface area contributed by atoms with Crippen LogP contribution in [-0.2, 0) is 6.54 Å². The van der Waals surface area contributed by atoms with Crippen molar-refractivity contribution in [2.75, 3.05) is 0 Å². The van der Waals surface area contributed by atoms with Crippen LogP contribution in [0.1, 0.15) is 21.7 Å². The lowest BCUT2D eigenvalue weighted by Crippen LogP contribution is -2.22. The summed E-state index contributed by atoms with van der Waals surface area (Å²) in [6.45, 7) is 2.08. The fourth-order valence-corrected chi connectivity index (χ4v) is 1.44. The van der Waals surface area contributed by atoms with Gasteiger partial charge in [0.1, 0.15) is 5.75 Å². The number of phenolic OH excluding ortho intramolecular Hbond substituents is 1. The van der Waals surface area contributed by atoms with Gasteiger partial charge in [0.25, 0.3) is 5.91 Å². The van der Waals surface area contributed by atoms with Gasteiger partial charge in [-0.2, -0.15) is 0 Å². The number of carbonyl (C=O) groups is 1. The molecule has 0 aliphatic carbocycles. The van der Waals surface area contributed by atoms with Gasteiger partial charge < -0.3 is 14.9 Å². The van der Waals surface area contributed by atoms with Crippen molar-refractivity contribution in [2.24, 2.45) is 0 Å². The van der Waals surface area contributed by atoms with Crippen LogP contribution < -0.4 is 5.32 Å². The van der Waals surface area contributed by atoms with Gasteiger partial charge in [-0.05, 0) is 24.6 Å². The third-order valence-corrected chi connectivity index (χ3v) is 2.32. The zero-order valence-corrected chi connectivity index (χ0v) is 9.30. The molecule has 0 atom stereocenters. The zero-order valence-electron chi connectivity index (χ0n) is 9.30. The molecule has 5 heteroatoms. The molecule has 0 unspecified atom stereocenters. The molecule has 88 valence electrons. The van der Waals surface area contributed by atoms with Crippen LogP contribution in [0, 0.1) is 6.92 Å².